The molecule has 0 radical (unpaired) electrons. The summed E-state index contributed by atoms with van der Waals surface area (Å²) in [7, 11) is 0. The minimum absolute atomic E-state index is 0.0497. The lowest BCUT2D eigenvalue weighted by Crippen LogP contribution is -2.07. The van der Waals surface area contributed by atoms with Crippen molar-refractivity contribution < 1.29 is 23.8 Å². The van der Waals surface area contributed by atoms with E-state index in [1.165, 1.54) is 18.2 Å². The molecule has 4 nitrogen and oxygen atoms in total. The minimum Gasteiger partial charge on any atom is -0.388 e. The summed E-state index contributed by atoms with van der Waals surface area (Å²) in [5, 5.41) is 19.3. The fourth-order valence-corrected chi connectivity index (χ4v) is 1.70. The molecule has 0 aromatic heterocycles. The van der Waals surface area contributed by atoms with Crippen LogP contribution in [0.5, 0.6) is 0 Å². The van der Waals surface area contributed by atoms with E-state index in [2.05, 4.69) is 34.9 Å². The summed E-state index contributed by atoms with van der Waals surface area (Å²) >= 11 is 0. The van der Waals surface area contributed by atoms with Gasteiger partial charge in [0.05, 0.1) is 6.10 Å². The Morgan fingerprint density at radius 2 is 2.00 bits per heavy atom. The van der Waals surface area contributed by atoms with Gasteiger partial charge in [0.1, 0.15) is 18.3 Å². The largest absolute Gasteiger partial charge is 0.579 e. The van der Waals surface area contributed by atoms with Crippen molar-refractivity contribution in [2.24, 2.45) is 0 Å². The van der Waals surface area contributed by atoms with E-state index in [1.807, 2.05) is 0 Å². The molecule has 0 aliphatic rings. The summed E-state index contributed by atoms with van der Waals surface area (Å²) in [5.74, 6) is 10.0. The van der Waals surface area contributed by atoms with Crippen LogP contribution in [0.1, 0.15) is 24.8 Å². The molecule has 0 saturated carbocycles. The number of carbonyl (C=O) groups is 1. The van der Waals surface area contributed by atoms with Crippen LogP contribution in [0.2, 0.25) is 0 Å². The van der Waals surface area contributed by atoms with E-state index in [0.717, 1.165) is 0 Å². The molecule has 0 saturated heterocycles. The van der Waals surface area contributed by atoms with Crippen LogP contribution >= 0.6 is 0 Å². The highest BCUT2D eigenvalue weighted by atomic mass is 19.1. The first kappa shape index (κ1) is 21.1. The molecule has 1 aromatic carbocycles. The standard InChI is InChI=1S/C21H20FO4/c1-26-21(25)16-15-20(24)9-5-3-2-4-8-19(23)10-6-7-17-11-13-18(22)14-12-17/h2-4,8,11-14,19-20,23-24H,1,10,15-16H2/q+1/b3-2+,8-4+. The van der Waals surface area contributed by atoms with Crippen molar-refractivity contribution >= 4 is 12.8 Å². The molecule has 0 heterocycles. The van der Waals surface area contributed by atoms with Gasteiger partial charge < -0.3 is 10.2 Å². The third kappa shape index (κ3) is 10.00. The number of benzene rings is 1. The quantitative estimate of drug-likeness (QED) is 0.466. The molecule has 0 aliphatic heterocycles. The number of hydrogen-bond donors (Lipinski definition) is 2. The molecule has 2 N–H and O–H groups in total. The van der Waals surface area contributed by atoms with Crippen molar-refractivity contribution in [3.63, 3.8) is 0 Å². The first-order valence-electron chi connectivity index (χ1n) is 7.91. The number of halogens is 1. The van der Waals surface area contributed by atoms with Crippen molar-refractivity contribution in [2.75, 3.05) is 0 Å². The summed E-state index contributed by atoms with van der Waals surface area (Å²) in [5.41, 5.74) is 0.680. The van der Waals surface area contributed by atoms with Crippen LogP contribution in [-0.2, 0) is 9.22 Å². The van der Waals surface area contributed by atoms with Crippen LogP contribution in [0.25, 0.3) is 0 Å². The van der Waals surface area contributed by atoms with E-state index >= 15 is 0 Å². The Balaban J connectivity index is 2.33. The van der Waals surface area contributed by atoms with E-state index < -0.39 is 18.2 Å². The molecule has 2 atom stereocenters. The van der Waals surface area contributed by atoms with Gasteiger partial charge >= 0.3 is 5.97 Å². The summed E-state index contributed by atoms with van der Waals surface area (Å²) < 4.78 is 17.0. The molecule has 2 unspecified atom stereocenters. The topological polar surface area (TPSA) is 68.8 Å². The molecular formula is C21H20FO4+. The van der Waals surface area contributed by atoms with E-state index in [4.69, 9.17) is 0 Å². The molecule has 5 heteroatoms. The number of carbonyl (C=O) groups excluding carboxylic acids is 2. The van der Waals surface area contributed by atoms with Crippen LogP contribution in [0.15, 0.2) is 48.6 Å². The lowest BCUT2D eigenvalue weighted by Gasteiger charge is -1.97. The van der Waals surface area contributed by atoms with E-state index in [0.29, 0.717) is 5.56 Å². The van der Waals surface area contributed by atoms with Crippen LogP contribution in [0.4, 0.5) is 4.39 Å². The SMILES string of the molecule is C=[O+]C(=O)CCC(O)C#C/C=C/C=C/C(O)CC#Cc1ccc(F)cc1. The Hall–Kier alpha value is -2.99. The first-order valence-corrected chi connectivity index (χ1v) is 7.91. The van der Waals surface area contributed by atoms with Crippen LogP contribution in [-0.4, -0.2) is 35.2 Å². The van der Waals surface area contributed by atoms with Gasteiger partial charge in [0.2, 0.25) is 0 Å². The third-order valence-corrected chi connectivity index (χ3v) is 3.04. The molecule has 0 aliphatic carbocycles. The fourth-order valence-electron chi connectivity index (χ4n) is 1.70. The second kappa shape index (κ2) is 12.4. The summed E-state index contributed by atoms with van der Waals surface area (Å²) in [4.78, 5) is 10.8. The van der Waals surface area contributed by atoms with Gasteiger partial charge in [-0.25, -0.2) is 4.39 Å². The van der Waals surface area contributed by atoms with Crippen LogP contribution in [0.3, 0.4) is 0 Å². The minimum atomic E-state index is -0.921. The predicted octanol–water partition coefficient (Wildman–Crippen LogP) is 2.08. The monoisotopic (exact) mass is 355 g/mol. The lowest BCUT2D eigenvalue weighted by molar-refractivity contribution is -0.369. The van der Waals surface area contributed by atoms with Gasteiger partial charge in [-0.1, -0.05) is 41.9 Å². The second-order valence-electron chi connectivity index (χ2n) is 5.18. The van der Waals surface area contributed by atoms with Crippen LogP contribution in [0, 0.1) is 29.5 Å². The molecule has 134 valence electrons. The van der Waals surface area contributed by atoms with Gasteiger partial charge in [0.15, 0.2) is 6.79 Å². The zero-order chi connectivity index (χ0) is 19.2. The Bertz CT molecular complexity index is 770. The molecule has 0 amide bonds. The third-order valence-electron chi connectivity index (χ3n) is 3.04. The maximum Gasteiger partial charge on any atom is 0.579 e. The normalized spacial score (nSPS) is 12.7. The average molecular weight is 355 g/mol. The number of aliphatic hydroxyl groups excluding tert-OH is 2. The smallest absolute Gasteiger partial charge is 0.388 e. The predicted molar refractivity (Wildman–Crippen MR) is 97.3 cm³/mol. The Morgan fingerprint density at radius 3 is 2.69 bits per heavy atom. The molecule has 0 spiro atoms. The molecule has 0 bridgehead atoms. The second-order valence-corrected chi connectivity index (χ2v) is 5.18. The maximum atomic E-state index is 12.7. The van der Waals surface area contributed by atoms with Crippen molar-refractivity contribution in [3.8, 4) is 23.7 Å². The first-order chi connectivity index (χ1) is 12.5. The lowest BCUT2D eigenvalue weighted by atomic mass is 10.2. The van der Waals surface area contributed by atoms with E-state index in [-0.39, 0.29) is 25.1 Å². The van der Waals surface area contributed by atoms with Gasteiger partial charge in [-0.2, -0.15) is 0 Å². The number of hydrogen-bond acceptors (Lipinski definition) is 3. The Kier molecular flexibility index (Phi) is 10.0. The highest BCUT2D eigenvalue weighted by Crippen LogP contribution is 2.01. The summed E-state index contributed by atoms with van der Waals surface area (Å²) in [6.07, 6.45) is 5.11. The van der Waals surface area contributed by atoms with Gasteiger partial charge in [-0.15, -0.1) is 0 Å². The van der Waals surface area contributed by atoms with E-state index in [1.54, 1.807) is 30.4 Å². The highest BCUT2D eigenvalue weighted by molar-refractivity contribution is 5.66. The molecule has 1 rings (SSSR count). The van der Waals surface area contributed by atoms with Gasteiger partial charge in [0, 0.05) is 23.2 Å². The Labute approximate surface area is 152 Å². The van der Waals surface area contributed by atoms with E-state index in [9.17, 15) is 19.4 Å². The zero-order valence-corrected chi connectivity index (χ0v) is 14.2. The number of aliphatic hydroxyl groups is 2. The Morgan fingerprint density at radius 1 is 1.27 bits per heavy atom. The van der Waals surface area contributed by atoms with Gasteiger partial charge in [-0.3, -0.25) is 4.42 Å². The van der Waals surface area contributed by atoms with Gasteiger partial charge in [0.25, 0.3) is 0 Å². The summed E-state index contributed by atoms with van der Waals surface area (Å²) in [6.45, 7) is 2.98. The van der Waals surface area contributed by atoms with Crippen LogP contribution < -0.4 is 0 Å². The van der Waals surface area contributed by atoms with Crippen molar-refractivity contribution in [3.05, 3.63) is 60.0 Å². The highest BCUT2D eigenvalue weighted by Gasteiger charge is 2.13. The molecule has 1 aromatic rings. The molecule has 0 fully saturated rings. The molecular weight excluding hydrogens is 335 g/mol. The van der Waals surface area contributed by atoms with Crippen molar-refractivity contribution in [1.29, 1.82) is 0 Å². The van der Waals surface area contributed by atoms with Crippen molar-refractivity contribution in [1.82, 2.24) is 0 Å². The average Bonchev–Trinajstić information content (AvgIpc) is 2.64. The fraction of sp³-hybridized carbons (Fsp3) is 0.238. The number of rotatable bonds is 6. The molecule has 26 heavy (non-hydrogen) atoms. The maximum absolute atomic E-state index is 12.7. The number of allylic oxidation sites excluding steroid dienone is 3. The summed E-state index contributed by atoms with van der Waals surface area (Å²) in [6, 6.07) is 5.80. The van der Waals surface area contributed by atoms with Crippen molar-refractivity contribution in [2.45, 2.75) is 31.5 Å². The van der Waals surface area contributed by atoms with Gasteiger partial charge in [-0.05, 0) is 30.3 Å². The zero-order valence-electron chi connectivity index (χ0n) is 14.2.